The van der Waals surface area contributed by atoms with Gasteiger partial charge in [-0.25, -0.2) is 9.78 Å². The van der Waals surface area contributed by atoms with Crippen LogP contribution in [0.15, 0.2) is 54.1 Å². The predicted octanol–water partition coefficient (Wildman–Crippen LogP) is 6.47. The number of thiazole rings is 1. The summed E-state index contributed by atoms with van der Waals surface area (Å²) < 4.78 is 16.7. The number of ketones is 1. The maximum atomic E-state index is 13.5. The number of aliphatic hydroxyl groups is 1. The fourth-order valence-corrected chi connectivity index (χ4v) is 5.43. The van der Waals surface area contributed by atoms with Crippen LogP contribution in [0, 0.1) is 12.8 Å². The van der Waals surface area contributed by atoms with Gasteiger partial charge < -0.3 is 19.3 Å². The number of amides is 1. The number of benzene rings is 2. The van der Waals surface area contributed by atoms with Gasteiger partial charge in [0.2, 0.25) is 0 Å². The monoisotopic (exact) mass is 592 g/mol. The van der Waals surface area contributed by atoms with E-state index in [9.17, 15) is 19.5 Å². The van der Waals surface area contributed by atoms with Crippen LogP contribution in [0.5, 0.6) is 11.5 Å². The van der Waals surface area contributed by atoms with Crippen LogP contribution in [-0.2, 0) is 14.3 Å². The van der Waals surface area contributed by atoms with Crippen LogP contribution < -0.4 is 14.4 Å². The lowest BCUT2D eigenvalue weighted by atomic mass is 9.95. The molecule has 1 unspecified atom stereocenters. The van der Waals surface area contributed by atoms with E-state index in [1.54, 1.807) is 55.5 Å². The van der Waals surface area contributed by atoms with Crippen molar-refractivity contribution in [1.29, 1.82) is 0 Å². The fourth-order valence-electron chi connectivity index (χ4n) is 4.44. The lowest BCUT2D eigenvalue weighted by Crippen LogP contribution is -2.29. The Morgan fingerprint density at radius 3 is 2.29 bits per heavy atom. The Balaban J connectivity index is 1.78. The summed E-state index contributed by atoms with van der Waals surface area (Å²) in [6.45, 7) is 10.8. The summed E-state index contributed by atoms with van der Waals surface area (Å²) in [6.07, 6.45) is 1.92. The molecular formula is C32H36N2O7S. The van der Waals surface area contributed by atoms with Crippen molar-refractivity contribution >= 4 is 39.9 Å². The molecule has 222 valence electrons. The molecule has 1 atom stereocenters. The van der Waals surface area contributed by atoms with Gasteiger partial charge in [-0.1, -0.05) is 50.7 Å². The molecule has 1 amide bonds. The normalized spacial score (nSPS) is 16.2. The zero-order valence-corrected chi connectivity index (χ0v) is 25.3. The van der Waals surface area contributed by atoms with Crippen LogP contribution in [0.4, 0.5) is 5.13 Å². The van der Waals surface area contributed by atoms with Crippen molar-refractivity contribution in [1.82, 2.24) is 4.98 Å². The Hall–Kier alpha value is -4.18. The number of hydrogen-bond acceptors (Lipinski definition) is 9. The SMILES string of the molecule is CCCCOc1ccc(/C(O)=C2\C(=O)C(=O)N(c3nc(C)c(C(=O)OCC(C)C)s3)C2c2ccc(OCC)cc2)cc1. The predicted molar refractivity (Wildman–Crippen MR) is 161 cm³/mol. The highest BCUT2D eigenvalue weighted by molar-refractivity contribution is 7.17. The lowest BCUT2D eigenvalue weighted by Gasteiger charge is -2.23. The number of ether oxygens (including phenoxy) is 3. The van der Waals surface area contributed by atoms with Crippen LogP contribution in [0.1, 0.15) is 73.1 Å². The van der Waals surface area contributed by atoms with Gasteiger partial charge in [-0.2, -0.15) is 0 Å². The summed E-state index contributed by atoms with van der Waals surface area (Å²) in [7, 11) is 0. The van der Waals surface area contributed by atoms with E-state index >= 15 is 0 Å². The molecule has 4 rings (SSSR count). The van der Waals surface area contributed by atoms with Gasteiger partial charge in [-0.15, -0.1) is 0 Å². The van der Waals surface area contributed by atoms with E-state index in [-0.39, 0.29) is 33.9 Å². The van der Waals surface area contributed by atoms with Gasteiger partial charge in [0.25, 0.3) is 5.78 Å². The van der Waals surface area contributed by atoms with Crippen molar-refractivity contribution in [3.05, 3.63) is 75.8 Å². The second-order valence-corrected chi connectivity index (χ2v) is 11.3. The number of esters is 1. The summed E-state index contributed by atoms with van der Waals surface area (Å²) in [6, 6.07) is 12.7. The molecule has 9 nitrogen and oxygen atoms in total. The lowest BCUT2D eigenvalue weighted by molar-refractivity contribution is -0.132. The van der Waals surface area contributed by atoms with Crippen LogP contribution in [0.25, 0.3) is 5.76 Å². The average molecular weight is 593 g/mol. The van der Waals surface area contributed by atoms with Crippen molar-refractivity contribution < 1.29 is 33.7 Å². The topological polar surface area (TPSA) is 115 Å². The minimum atomic E-state index is -0.994. The standard InChI is InChI=1S/C32H36N2O7S/c1-6-8-17-40-24-15-11-22(12-16-24)27(35)25-26(21-9-13-23(14-10-21)39-7-2)34(30(37)28(25)36)32-33-20(5)29(42-32)31(38)41-18-19(3)4/h9-16,19,26,35H,6-8,17-18H2,1-5H3/b27-25+. The smallest absolute Gasteiger partial charge is 0.350 e. The molecule has 1 saturated heterocycles. The van der Waals surface area contributed by atoms with Gasteiger partial charge >= 0.3 is 11.9 Å². The number of rotatable bonds is 12. The summed E-state index contributed by atoms with van der Waals surface area (Å²) in [5.74, 6) is -1.16. The zero-order valence-electron chi connectivity index (χ0n) is 24.5. The molecule has 3 aromatic rings. The molecule has 42 heavy (non-hydrogen) atoms. The third-order valence-corrected chi connectivity index (χ3v) is 7.71. The number of aromatic nitrogens is 1. The molecule has 2 heterocycles. The maximum Gasteiger partial charge on any atom is 0.350 e. The van der Waals surface area contributed by atoms with Crippen LogP contribution in [0.3, 0.4) is 0 Å². The summed E-state index contributed by atoms with van der Waals surface area (Å²) in [5.41, 5.74) is 1.23. The van der Waals surface area contributed by atoms with Crippen LogP contribution in [-0.4, -0.2) is 47.6 Å². The number of unbranched alkanes of at least 4 members (excludes halogenated alkanes) is 1. The quantitative estimate of drug-likeness (QED) is 0.0837. The second kappa shape index (κ2) is 13.7. The van der Waals surface area contributed by atoms with E-state index in [4.69, 9.17) is 14.2 Å². The van der Waals surface area contributed by atoms with Crippen LogP contribution >= 0.6 is 11.3 Å². The number of carbonyl (C=O) groups excluding carboxylic acids is 3. The van der Waals surface area contributed by atoms with Gasteiger partial charge in [0.15, 0.2) is 5.13 Å². The molecule has 10 heteroatoms. The number of carbonyl (C=O) groups is 3. The average Bonchev–Trinajstić information content (AvgIpc) is 3.48. The van der Waals surface area contributed by atoms with Crippen molar-refractivity contribution in [2.75, 3.05) is 24.7 Å². The first kappa shape index (κ1) is 30.8. The fraction of sp³-hybridized carbons (Fsp3) is 0.375. The third kappa shape index (κ3) is 6.65. The van der Waals surface area contributed by atoms with E-state index in [0.717, 1.165) is 24.2 Å². The molecule has 0 spiro atoms. The van der Waals surface area contributed by atoms with Crippen molar-refractivity contribution in [3.8, 4) is 11.5 Å². The Labute approximate surface area is 249 Å². The van der Waals surface area contributed by atoms with E-state index in [1.807, 2.05) is 20.8 Å². The first-order chi connectivity index (χ1) is 20.2. The largest absolute Gasteiger partial charge is 0.507 e. The molecule has 0 radical (unpaired) electrons. The van der Waals surface area contributed by atoms with Gasteiger partial charge in [0, 0.05) is 5.56 Å². The molecular weight excluding hydrogens is 556 g/mol. The molecule has 0 aliphatic carbocycles. The van der Waals surface area contributed by atoms with Crippen molar-refractivity contribution in [3.63, 3.8) is 0 Å². The summed E-state index contributed by atoms with van der Waals surface area (Å²) in [5, 5.41) is 11.6. The first-order valence-electron chi connectivity index (χ1n) is 14.1. The Bertz CT molecular complexity index is 1460. The Morgan fingerprint density at radius 2 is 1.67 bits per heavy atom. The zero-order chi connectivity index (χ0) is 30.4. The van der Waals surface area contributed by atoms with E-state index in [0.29, 0.717) is 41.5 Å². The molecule has 1 aliphatic heterocycles. The molecule has 0 bridgehead atoms. The maximum absolute atomic E-state index is 13.5. The number of Topliss-reactive ketones (excluding diaryl/α,β-unsaturated/α-hetero) is 1. The summed E-state index contributed by atoms with van der Waals surface area (Å²) >= 11 is 0.975. The van der Waals surface area contributed by atoms with E-state index < -0.39 is 23.7 Å². The van der Waals surface area contributed by atoms with Gasteiger partial charge in [-0.05, 0) is 68.1 Å². The molecule has 1 N–H and O–H groups in total. The van der Waals surface area contributed by atoms with Crippen molar-refractivity contribution in [2.24, 2.45) is 5.92 Å². The summed E-state index contributed by atoms with van der Waals surface area (Å²) in [4.78, 5) is 45.8. The number of hydrogen-bond donors (Lipinski definition) is 1. The van der Waals surface area contributed by atoms with Gasteiger partial charge in [0.05, 0.1) is 37.1 Å². The number of aryl methyl sites for hydroxylation is 1. The number of anilines is 1. The molecule has 2 aromatic carbocycles. The van der Waals surface area contributed by atoms with Crippen molar-refractivity contribution in [2.45, 2.75) is 53.5 Å². The third-order valence-electron chi connectivity index (χ3n) is 6.57. The van der Waals surface area contributed by atoms with Gasteiger partial charge in [-0.3, -0.25) is 14.5 Å². The van der Waals surface area contributed by atoms with E-state index in [2.05, 4.69) is 11.9 Å². The number of nitrogens with zero attached hydrogens (tertiary/aromatic N) is 2. The highest BCUT2D eigenvalue weighted by atomic mass is 32.1. The molecule has 0 saturated carbocycles. The highest BCUT2D eigenvalue weighted by Crippen LogP contribution is 2.44. The minimum absolute atomic E-state index is 0.0828. The molecule has 1 fully saturated rings. The van der Waals surface area contributed by atoms with Crippen LogP contribution in [0.2, 0.25) is 0 Å². The minimum Gasteiger partial charge on any atom is -0.507 e. The molecule has 1 aromatic heterocycles. The first-order valence-corrected chi connectivity index (χ1v) is 14.9. The van der Waals surface area contributed by atoms with Gasteiger partial charge in [0.1, 0.15) is 22.1 Å². The Morgan fingerprint density at radius 1 is 1.02 bits per heavy atom. The Kier molecular flexibility index (Phi) is 10.0. The highest BCUT2D eigenvalue weighted by Gasteiger charge is 2.48. The molecule has 1 aliphatic rings. The second-order valence-electron chi connectivity index (χ2n) is 10.3. The van der Waals surface area contributed by atoms with E-state index in [1.165, 1.54) is 4.90 Å². The number of aliphatic hydroxyl groups excluding tert-OH is 1.